The quantitative estimate of drug-likeness (QED) is 0.881. The number of hydrogen-bond acceptors (Lipinski definition) is 4. The standard InChI is InChI=1S/C13H19NO3S/c1-13(2)6-10(3-4-17-13)14-7-11-5-9(8-18-11)12(15)16/h5,8,10,14H,3-4,6-7H2,1-2H3,(H,15,16). The van der Waals surface area contributed by atoms with E-state index >= 15 is 0 Å². The highest BCUT2D eigenvalue weighted by Gasteiger charge is 2.28. The molecule has 1 atom stereocenters. The molecule has 1 aliphatic rings. The molecule has 1 aliphatic heterocycles. The van der Waals surface area contributed by atoms with Crippen LogP contribution >= 0.6 is 11.3 Å². The van der Waals surface area contributed by atoms with E-state index in [4.69, 9.17) is 9.84 Å². The minimum Gasteiger partial charge on any atom is -0.478 e. The Balaban J connectivity index is 1.85. The van der Waals surface area contributed by atoms with Crippen LogP contribution in [0, 0.1) is 0 Å². The van der Waals surface area contributed by atoms with Crippen LogP contribution < -0.4 is 5.32 Å². The van der Waals surface area contributed by atoms with Crippen molar-refractivity contribution >= 4 is 17.3 Å². The van der Waals surface area contributed by atoms with Crippen molar-refractivity contribution in [2.45, 2.75) is 44.9 Å². The van der Waals surface area contributed by atoms with Gasteiger partial charge in [-0.25, -0.2) is 4.79 Å². The first-order valence-electron chi connectivity index (χ1n) is 6.14. The highest BCUT2D eigenvalue weighted by atomic mass is 32.1. The van der Waals surface area contributed by atoms with Crippen LogP contribution in [0.1, 0.15) is 41.9 Å². The fourth-order valence-corrected chi connectivity index (χ4v) is 3.05. The molecule has 1 saturated heterocycles. The van der Waals surface area contributed by atoms with Crippen LogP contribution in [-0.4, -0.2) is 29.3 Å². The first-order chi connectivity index (χ1) is 8.46. The monoisotopic (exact) mass is 269 g/mol. The van der Waals surface area contributed by atoms with E-state index in [0.717, 1.165) is 30.9 Å². The predicted molar refractivity (Wildman–Crippen MR) is 71.2 cm³/mol. The third kappa shape index (κ3) is 3.54. The molecule has 1 aromatic heterocycles. The Bertz CT molecular complexity index is 428. The molecule has 0 aromatic carbocycles. The Kier molecular flexibility index (Phi) is 4.04. The molecule has 0 bridgehead atoms. The number of carbonyl (C=O) groups is 1. The number of thiophene rings is 1. The summed E-state index contributed by atoms with van der Waals surface area (Å²) < 4.78 is 5.67. The maximum atomic E-state index is 10.8. The lowest BCUT2D eigenvalue weighted by atomic mass is 9.94. The topological polar surface area (TPSA) is 58.6 Å². The van der Waals surface area contributed by atoms with E-state index in [1.165, 1.54) is 11.3 Å². The van der Waals surface area contributed by atoms with Crippen molar-refractivity contribution in [3.63, 3.8) is 0 Å². The average Bonchev–Trinajstić information content (AvgIpc) is 2.74. The molecule has 18 heavy (non-hydrogen) atoms. The van der Waals surface area contributed by atoms with Crippen molar-refractivity contribution in [2.75, 3.05) is 6.61 Å². The zero-order valence-electron chi connectivity index (χ0n) is 10.7. The molecule has 5 heteroatoms. The summed E-state index contributed by atoms with van der Waals surface area (Å²) in [6.07, 6.45) is 2.00. The van der Waals surface area contributed by atoms with E-state index < -0.39 is 5.97 Å². The Labute approximate surface area is 111 Å². The van der Waals surface area contributed by atoms with Crippen LogP contribution in [0.4, 0.5) is 0 Å². The maximum absolute atomic E-state index is 10.8. The van der Waals surface area contributed by atoms with Crippen LogP contribution in [0.5, 0.6) is 0 Å². The lowest BCUT2D eigenvalue weighted by Gasteiger charge is -2.35. The average molecular weight is 269 g/mol. The van der Waals surface area contributed by atoms with E-state index in [2.05, 4.69) is 19.2 Å². The van der Waals surface area contributed by atoms with Crippen molar-refractivity contribution in [3.8, 4) is 0 Å². The number of aromatic carboxylic acids is 1. The number of hydrogen-bond donors (Lipinski definition) is 2. The SMILES string of the molecule is CC1(C)CC(NCc2cc(C(=O)O)cs2)CCO1. The van der Waals surface area contributed by atoms with Gasteiger partial charge in [0.15, 0.2) is 0 Å². The highest BCUT2D eigenvalue weighted by Crippen LogP contribution is 2.24. The van der Waals surface area contributed by atoms with Crippen LogP contribution in [0.3, 0.4) is 0 Å². The number of ether oxygens (including phenoxy) is 1. The van der Waals surface area contributed by atoms with Crippen molar-refractivity contribution in [1.82, 2.24) is 5.32 Å². The fraction of sp³-hybridized carbons (Fsp3) is 0.615. The molecule has 1 unspecified atom stereocenters. The van der Waals surface area contributed by atoms with E-state index in [0.29, 0.717) is 11.6 Å². The van der Waals surface area contributed by atoms with Gasteiger partial charge in [-0.2, -0.15) is 0 Å². The van der Waals surface area contributed by atoms with Crippen LogP contribution in [0.25, 0.3) is 0 Å². The minimum atomic E-state index is -0.857. The molecule has 1 fully saturated rings. The molecule has 0 saturated carbocycles. The molecule has 0 radical (unpaired) electrons. The lowest BCUT2D eigenvalue weighted by molar-refractivity contribution is -0.0630. The largest absolute Gasteiger partial charge is 0.478 e. The Hall–Kier alpha value is -0.910. The Morgan fingerprint density at radius 2 is 2.44 bits per heavy atom. The molecule has 0 aliphatic carbocycles. The molecule has 4 nitrogen and oxygen atoms in total. The molecule has 2 N–H and O–H groups in total. The third-order valence-electron chi connectivity index (χ3n) is 3.16. The zero-order chi connectivity index (χ0) is 13.2. The smallest absolute Gasteiger partial charge is 0.336 e. The number of rotatable bonds is 4. The Morgan fingerprint density at radius 1 is 1.67 bits per heavy atom. The predicted octanol–water partition coefficient (Wildman–Crippen LogP) is 2.49. The van der Waals surface area contributed by atoms with Crippen LogP contribution in [-0.2, 0) is 11.3 Å². The number of carboxylic acid groups (broad SMARTS) is 1. The van der Waals surface area contributed by atoms with Gasteiger partial charge >= 0.3 is 5.97 Å². The van der Waals surface area contributed by atoms with E-state index in [1.54, 1.807) is 11.4 Å². The highest BCUT2D eigenvalue weighted by molar-refractivity contribution is 7.10. The normalized spacial score (nSPS) is 22.9. The first-order valence-corrected chi connectivity index (χ1v) is 7.02. The molecule has 2 rings (SSSR count). The molecule has 1 aromatic rings. The van der Waals surface area contributed by atoms with E-state index in [9.17, 15) is 4.79 Å². The molecule has 100 valence electrons. The summed E-state index contributed by atoms with van der Waals surface area (Å²) in [4.78, 5) is 11.8. The first kappa shape index (κ1) is 13.5. The van der Waals surface area contributed by atoms with Gasteiger partial charge < -0.3 is 15.2 Å². The molecular formula is C13H19NO3S. The van der Waals surface area contributed by atoms with Crippen molar-refractivity contribution in [3.05, 3.63) is 21.9 Å². The fourth-order valence-electron chi connectivity index (χ4n) is 2.24. The van der Waals surface area contributed by atoms with Crippen molar-refractivity contribution in [1.29, 1.82) is 0 Å². The lowest BCUT2D eigenvalue weighted by Crippen LogP contribution is -2.43. The van der Waals surface area contributed by atoms with Crippen molar-refractivity contribution < 1.29 is 14.6 Å². The summed E-state index contributed by atoms with van der Waals surface area (Å²) in [5.41, 5.74) is 0.321. The minimum absolute atomic E-state index is 0.0579. The second-order valence-corrected chi connectivity index (χ2v) is 6.28. The van der Waals surface area contributed by atoms with Gasteiger partial charge in [0.2, 0.25) is 0 Å². The summed E-state index contributed by atoms with van der Waals surface area (Å²) in [5, 5.41) is 14.0. The second kappa shape index (κ2) is 5.38. The summed E-state index contributed by atoms with van der Waals surface area (Å²) in [7, 11) is 0. The van der Waals surface area contributed by atoms with Crippen LogP contribution in [0.2, 0.25) is 0 Å². The number of carboxylic acids is 1. The summed E-state index contributed by atoms with van der Waals surface area (Å²) in [5.74, 6) is -0.857. The molecule has 2 heterocycles. The van der Waals surface area contributed by atoms with E-state index in [-0.39, 0.29) is 5.60 Å². The molecular weight excluding hydrogens is 250 g/mol. The second-order valence-electron chi connectivity index (χ2n) is 5.29. The van der Waals surface area contributed by atoms with Gasteiger partial charge in [0.05, 0.1) is 11.2 Å². The van der Waals surface area contributed by atoms with Crippen molar-refractivity contribution in [2.24, 2.45) is 0 Å². The summed E-state index contributed by atoms with van der Waals surface area (Å²) in [6, 6.07) is 2.19. The van der Waals surface area contributed by atoms with Gasteiger partial charge in [-0.15, -0.1) is 11.3 Å². The zero-order valence-corrected chi connectivity index (χ0v) is 11.5. The third-order valence-corrected chi connectivity index (χ3v) is 4.10. The van der Waals surface area contributed by atoms with Gasteiger partial charge in [0, 0.05) is 29.5 Å². The molecule has 0 spiro atoms. The summed E-state index contributed by atoms with van der Waals surface area (Å²) >= 11 is 1.49. The molecule has 0 amide bonds. The van der Waals surface area contributed by atoms with Gasteiger partial charge in [0.25, 0.3) is 0 Å². The number of nitrogens with one attached hydrogen (secondary N) is 1. The van der Waals surface area contributed by atoms with Gasteiger partial charge in [0.1, 0.15) is 0 Å². The van der Waals surface area contributed by atoms with Gasteiger partial charge in [-0.3, -0.25) is 0 Å². The van der Waals surface area contributed by atoms with Gasteiger partial charge in [-0.05, 0) is 32.8 Å². The van der Waals surface area contributed by atoms with Gasteiger partial charge in [-0.1, -0.05) is 0 Å². The van der Waals surface area contributed by atoms with E-state index in [1.807, 2.05) is 0 Å². The van der Waals surface area contributed by atoms with Crippen LogP contribution in [0.15, 0.2) is 11.4 Å². The Morgan fingerprint density at radius 3 is 3.06 bits per heavy atom. The summed E-state index contributed by atoms with van der Waals surface area (Å²) in [6.45, 7) is 5.73. The maximum Gasteiger partial charge on any atom is 0.336 e.